The third kappa shape index (κ3) is 2.06. The number of nitrogens with zero attached hydrogens (tertiary/aromatic N) is 1. The summed E-state index contributed by atoms with van der Waals surface area (Å²) in [6, 6.07) is 4.35. The van der Waals surface area contributed by atoms with Gasteiger partial charge >= 0.3 is 5.69 Å². The molecule has 4 nitrogen and oxygen atoms in total. The lowest BCUT2D eigenvalue weighted by Crippen LogP contribution is -2.27. The van der Waals surface area contributed by atoms with Crippen molar-refractivity contribution < 1.29 is 9.13 Å². The normalized spacial score (nSPS) is 20.4. The second-order valence-electron chi connectivity index (χ2n) is 4.79. The van der Waals surface area contributed by atoms with Gasteiger partial charge in [0.15, 0.2) is 0 Å². The number of H-pyrrole nitrogens is 1. The van der Waals surface area contributed by atoms with Crippen LogP contribution in [-0.2, 0) is 11.3 Å². The Balaban J connectivity index is 1.97. The highest BCUT2D eigenvalue weighted by atomic mass is 19.1. The minimum absolute atomic E-state index is 0.179. The molecule has 0 saturated carbocycles. The van der Waals surface area contributed by atoms with Crippen molar-refractivity contribution in [2.24, 2.45) is 5.92 Å². The maximum absolute atomic E-state index is 13.3. The zero-order valence-electron chi connectivity index (χ0n) is 9.99. The number of hydrogen-bond acceptors (Lipinski definition) is 2. The lowest BCUT2D eigenvalue weighted by atomic mass is 10.0. The molecule has 1 atom stereocenters. The summed E-state index contributed by atoms with van der Waals surface area (Å²) in [5.74, 6) is 0.00821. The summed E-state index contributed by atoms with van der Waals surface area (Å²) in [7, 11) is 0. The van der Waals surface area contributed by atoms with E-state index in [0.717, 1.165) is 19.4 Å². The Labute approximate surface area is 103 Å². The first-order valence-electron chi connectivity index (χ1n) is 6.20. The van der Waals surface area contributed by atoms with E-state index >= 15 is 0 Å². The molecule has 0 bridgehead atoms. The summed E-state index contributed by atoms with van der Waals surface area (Å²) in [5, 5.41) is 0. The van der Waals surface area contributed by atoms with Gasteiger partial charge in [0.2, 0.25) is 0 Å². The molecule has 0 amide bonds. The smallest absolute Gasteiger partial charge is 0.326 e. The van der Waals surface area contributed by atoms with Crippen LogP contribution in [-0.4, -0.2) is 22.8 Å². The molecule has 3 rings (SSSR count). The van der Waals surface area contributed by atoms with E-state index in [1.807, 2.05) is 0 Å². The lowest BCUT2D eigenvalue weighted by Gasteiger charge is -2.22. The van der Waals surface area contributed by atoms with Crippen LogP contribution in [0, 0.1) is 11.7 Å². The highest BCUT2D eigenvalue weighted by Gasteiger charge is 2.17. The molecule has 18 heavy (non-hydrogen) atoms. The van der Waals surface area contributed by atoms with Crippen LogP contribution >= 0.6 is 0 Å². The predicted molar refractivity (Wildman–Crippen MR) is 66.1 cm³/mol. The molecule has 1 N–H and O–H groups in total. The molecule has 96 valence electrons. The van der Waals surface area contributed by atoms with E-state index in [9.17, 15) is 9.18 Å². The van der Waals surface area contributed by atoms with E-state index in [1.54, 1.807) is 10.6 Å². The van der Waals surface area contributed by atoms with Crippen LogP contribution < -0.4 is 5.69 Å². The van der Waals surface area contributed by atoms with Crippen LogP contribution in [0.5, 0.6) is 0 Å². The Kier molecular flexibility index (Phi) is 2.91. The molecule has 0 radical (unpaired) electrons. The van der Waals surface area contributed by atoms with Crippen molar-refractivity contribution in [2.75, 3.05) is 13.2 Å². The van der Waals surface area contributed by atoms with Crippen molar-refractivity contribution in [1.82, 2.24) is 9.55 Å². The van der Waals surface area contributed by atoms with E-state index in [1.165, 1.54) is 12.1 Å². The Hall–Kier alpha value is -1.62. The molecule has 1 aliphatic heterocycles. The number of rotatable bonds is 2. The third-order valence-electron chi connectivity index (χ3n) is 3.43. The Morgan fingerprint density at radius 3 is 3.17 bits per heavy atom. The van der Waals surface area contributed by atoms with Crippen molar-refractivity contribution >= 4 is 11.0 Å². The largest absolute Gasteiger partial charge is 0.381 e. The number of imidazole rings is 1. The van der Waals surface area contributed by atoms with Crippen molar-refractivity contribution in [3.05, 3.63) is 34.5 Å². The Morgan fingerprint density at radius 2 is 2.39 bits per heavy atom. The van der Waals surface area contributed by atoms with Crippen LogP contribution in [0.4, 0.5) is 4.39 Å². The maximum Gasteiger partial charge on any atom is 0.326 e. The molecule has 1 unspecified atom stereocenters. The van der Waals surface area contributed by atoms with E-state index in [4.69, 9.17) is 4.74 Å². The van der Waals surface area contributed by atoms with Crippen molar-refractivity contribution in [2.45, 2.75) is 19.4 Å². The van der Waals surface area contributed by atoms with Gasteiger partial charge in [-0.1, -0.05) is 0 Å². The number of ether oxygens (including phenoxy) is 1. The first kappa shape index (κ1) is 11.5. The highest BCUT2D eigenvalue weighted by Crippen LogP contribution is 2.18. The van der Waals surface area contributed by atoms with Crippen LogP contribution in [0.3, 0.4) is 0 Å². The molecule has 1 aromatic heterocycles. The maximum atomic E-state index is 13.3. The Morgan fingerprint density at radius 1 is 1.50 bits per heavy atom. The number of nitrogens with one attached hydrogen (secondary N) is 1. The van der Waals surface area contributed by atoms with Gasteiger partial charge < -0.3 is 9.72 Å². The fourth-order valence-corrected chi connectivity index (χ4v) is 2.52. The number of aromatic nitrogens is 2. The number of benzene rings is 1. The van der Waals surface area contributed by atoms with Crippen molar-refractivity contribution in [3.8, 4) is 0 Å². The van der Waals surface area contributed by atoms with Crippen LogP contribution in [0.25, 0.3) is 11.0 Å². The van der Waals surface area contributed by atoms with Gasteiger partial charge in [0.1, 0.15) is 5.82 Å². The summed E-state index contributed by atoms with van der Waals surface area (Å²) >= 11 is 0. The van der Waals surface area contributed by atoms with E-state index in [2.05, 4.69) is 4.98 Å². The zero-order valence-corrected chi connectivity index (χ0v) is 9.99. The molecule has 0 aliphatic carbocycles. The summed E-state index contributed by atoms with van der Waals surface area (Å²) in [6.07, 6.45) is 2.07. The van der Waals surface area contributed by atoms with Gasteiger partial charge in [0, 0.05) is 19.1 Å². The average Bonchev–Trinajstić information content (AvgIpc) is 2.67. The first-order valence-corrected chi connectivity index (χ1v) is 6.20. The van der Waals surface area contributed by atoms with Gasteiger partial charge in [-0.05, 0) is 31.0 Å². The monoisotopic (exact) mass is 250 g/mol. The van der Waals surface area contributed by atoms with Crippen LogP contribution in [0.2, 0.25) is 0 Å². The fraction of sp³-hybridized carbons (Fsp3) is 0.462. The van der Waals surface area contributed by atoms with Gasteiger partial charge in [0.05, 0.1) is 17.6 Å². The van der Waals surface area contributed by atoms with Crippen LogP contribution in [0.1, 0.15) is 12.8 Å². The fourth-order valence-electron chi connectivity index (χ4n) is 2.52. The van der Waals surface area contributed by atoms with Gasteiger partial charge in [-0.25, -0.2) is 9.18 Å². The lowest BCUT2D eigenvalue weighted by molar-refractivity contribution is 0.0484. The summed E-state index contributed by atoms with van der Waals surface area (Å²) in [5.41, 5.74) is 1.13. The standard InChI is InChI=1S/C13H15FN2O2/c14-10-3-4-11-12(6-10)16(13(17)15-11)7-9-2-1-5-18-8-9/h3-4,6,9H,1-2,5,7-8H2,(H,15,17). The Bertz CT molecular complexity index is 611. The van der Waals surface area contributed by atoms with Crippen molar-refractivity contribution in [3.63, 3.8) is 0 Å². The molecule has 2 heterocycles. The van der Waals surface area contributed by atoms with E-state index in [0.29, 0.717) is 30.1 Å². The summed E-state index contributed by atoms with van der Waals surface area (Å²) in [4.78, 5) is 14.6. The second-order valence-corrected chi connectivity index (χ2v) is 4.79. The number of halogens is 1. The minimum Gasteiger partial charge on any atom is -0.381 e. The molecule has 1 fully saturated rings. The summed E-state index contributed by atoms with van der Waals surface area (Å²) in [6.45, 7) is 2.06. The van der Waals surface area contributed by atoms with Crippen LogP contribution in [0.15, 0.2) is 23.0 Å². The molecule has 5 heteroatoms. The van der Waals surface area contributed by atoms with E-state index < -0.39 is 0 Å². The van der Waals surface area contributed by atoms with Gasteiger partial charge in [-0.3, -0.25) is 4.57 Å². The molecular formula is C13H15FN2O2. The zero-order chi connectivity index (χ0) is 12.5. The molecule has 1 saturated heterocycles. The number of hydrogen-bond donors (Lipinski definition) is 1. The highest BCUT2D eigenvalue weighted by molar-refractivity contribution is 5.75. The van der Waals surface area contributed by atoms with E-state index in [-0.39, 0.29) is 11.5 Å². The van der Waals surface area contributed by atoms with Crippen molar-refractivity contribution in [1.29, 1.82) is 0 Å². The summed E-state index contributed by atoms with van der Waals surface area (Å²) < 4.78 is 20.3. The average molecular weight is 250 g/mol. The quantitative estimate of drug-likeness (QED) is 0.884. The second kappa shape index (κ2) is 4.57. The molecule has 1 aromatic carbocycles. The molecular weight excluding hydrogens is 235 g/mol. The van der Waals surface area contributed by atoms with Gasteiger partial charge in [0.25, 0.3) is 0 Å². The SMILES string of the molecule is O=c1[nH]c2ccc(F)cc2n1CC1CCCOC1. The molecule has 2 aromatic rings. The van der Waals surface area contributed by atoms with Gasteiger partial charge in [-0.2, -0.15) is 0 Å². The molecule has 0 spiro atoms. The minimum atomic E-state index is -0.324. The van der Waals surface area contributed by atoms with Gasteiger partial charge in [-0.15, -0.1) is 0 Å². The topological polar surface area (TPSA) is 47.0 Å². The molecule has 1 aliphatic rings. The number of aromatic amines is 1. The predicted octanol–water partition coefficient (Wildman–Crippen LogP) is 1.90. The third-order valence-corrected chi connectivity index (χ3v) is 3.43. The first-order chi connectivity index (χ1) is 8.74. The number of fused-ring (bicyclic) bond motifs is 1.